The molecule has 2 atom stereocenters. The molecule has 98 valence electrons. The highest BCUT2D eigenvalue weighted by molar-refractivity contribution is 7.07. The van der Waals surface area contributed by atoms with Gasteiger partial charge < -0.3 is 10.2 Å². The summed E-state index contributed by atoms with van der Waals surface area (Å²) in [5.41, 5.74) is 1.16. The number of amides is 1. The highest BCUT2D eigenvalue weighted by Crippen LogP contribution is 2.25. The van der Waals surface area contributed by atoms with Gasteiger partial charge in [0.1, 0.15) is 0 Å². The molecule has 1 N–H and O–H groups in total. The van der Waals surface area contributed by atoms with E-state index in [0.717, 1.165) is 25.1 Å². The minimum absolute atomic E-state index is 0.310. The van der Waals surface area contributed by atoms with Gasteiger partial charge in [0.2, 0.25) is 5.91 Å². The van der Waals surface area contributed by atoms with E-state index >= 15 is 0 Å². The van der Waals surface area contributed by atoms with Gasteiger partial charge in [0, 0.05) is 18.6 Å². The summed E-state index contributed by atoms with van der Waals surface area (Å²) in [7, 11) is 0. The van der Waals surface area contributed by atoms with Crippen molar-refractivity contribution in [3.8, 4) is 0 Å². The topological polar surface area (TPSA) is 32.3 Å². The van der Waals surface area contributed by atoms with Crippen LogP contribution in [0, 0.1) is 0 Å². The molecule has 3 nitrogen and oxygen atoms in total. The van der Waals surface area contributed by atoms with Gasteiger partial charge >= 0.3 is 0 Å². The average Bonchev–Trinajstić information content (AvgIpc) is 3.11. The fourth-order valence-corrected chi connectivity index (χ4v) is 3.90. The van der Waals surface area contributed by atoms with Crippen LogP contribution in [0.25, 0.3) is 0 Å². The van der Waals surface area contributed by atoms with E-state index in [1.165, 1.54) is 19.3 Å². The van der Waals surface area contributed by atoms with E-state index in [1.807, 2.05) is 5.38 Å². The van der Waals surface area contributed by atoms with Crippen molar-refractivity contribution in [1.29, 1.82) is 0 Å². The standard InChI is InChI=1S/C14H20N2OS/c17-14(9-11-5-8-18-10-11)16-7-2-4-13(16)12-3-1-6-15-12/h5,8,10,12-13,15H,1-4,6-7,9H2. The summed E-state index contributed by atoms with van der Waals surface area (Å²) < 4.78 is 0. The van der Waals surface area contributed by atoms with Crippen LogP contribution in [0.4, 0.5) is 0 Å². The van der Waals surface area contributed by atoms with Crippen molar-refractivity contribution in [2.24, 2.45) is 0 Å². The van der Waals surface area contributed by atoms with Crippen molar-refractivity contribution in [3.05, 3.63) is 22.4 Å². The van der Waals surface area contributed by atoms with Crippen LogP contribution in [-0.2, 0) is 11.2 Å². The minimum atomic E-state index is 0.310. The summed E-state index contributed by atoms with van der Waals surface area (Å²) in [6.45, 7) is 2.07. The minimum Gasteiger partial charge on any atom is -0.338 e. The number of thiophene rings is 1. The molecule has 2 saturated heterocycles. The smallest absolute Gasteiger partial charge is 0.227 e. The second-order valence-corrected chi connectivity index (χ2v) is 6.09. The number of likely N-dealkylation sites (tertiary alicyclic amines) is 1. The number of rotatable bonds is 3. The zero-order valence-corrected chi connectivity index (χ0v) is 11.4. The van der Waals surface area contributed by atoms with Gasteiger partial charge in [-0.2, -0.15) is 11.3 Å². The number of hydrogen-bond acceptors (Lipinski definition) is 3. The molecular formula is C14H20N2OS. The van der Waals surface area contributed by atoms with Crippen molar-refractivity contribution in [1.82, 2.24) is 10.2 Å². The third-order valence-electron chi connectivity index (χ3n) is 4.12. The molecular weight excluding hydrogens is 244 g/mol. The number of nitrogens with zero attached hydrogens (tertiary/aromatic N) is 1. The van der Waals surface area contributed by atoms with Gasteiger partial charge in [-0.1, -0.05) is 0 Å². The summed E-state index contributed by atoms with van der Waals surface area (Å²) in [6, 6.07) is 3.04. The van der Waals surface area contributed by atoms with Gasteiger partial charge in [0.15, 0.2) is 0 Å². The summed E-state index contributed by atoms with van der Waals surface area (Å²) in [5, 5.41) is 7.67. The Hall–Kier alpha value is -0.870. The molecule has 0 bridgehead atoms. The van der Waals surface area contributed by atoms with Crippen LogP contribution in [0.5, 0.6) is 0 Å². The van der Waals surface area contributed by atoms with Gasteiger partial charge in [-0.15, -0.1) is 0 Å². The summed E-state index contributed by atoms with van der Waals surface area (Å²) in [4.78, 5) is 14.5. The first-order valence-electron chi connectivity index (χ1n) is 6.88. The van der Waals surface area contributed by atoms with Crippen LogP contribution < -0.4 is 5.32 Å². The van der Waals surface area contributed by atoms with Gasteiger partial charge in [-0.25, -0.2) is 0 Å². The molecule has 0 aromatic carbocycles. The lowest BCUT2D eigenvalue weighted by molar-refractivity contribution is -0.131. The molecule has 3 heterocycles. The Morgan fingerprint density at radius 3 is 3.11 bits per heavy atom. The van der Waals surface area contributed by atoms with Crippen molar-refractivity contribution in [3.63, 3.8) is 0 Å². The molecule has 1 aromatic heterocycles. The highest BCUT2D eigenvalue weighted by atomic mass is 32.1. The monoisotopic (exact) mass is 264 g/mol. The van der Waals surface area contributed by atoms with Crippen LogP contribution in [0.3, 0.4) is 0 Å². The molecule has 1 amide bonds. The Morgan fingerprint density at radius 2 is 2.39 bits per heavy atom. The molecule has 0 saturated carbocycles. The fraction of sp³-hybridized carbons (Fsp3) is 0.643. The highest BCUT2D eigenvalue weighted by Gasteiger charge is 2.35. The first kappa shape index (κ1) is 12.2. The van der Waals surface area contributed by atoms with Crippen LogP contribution in [0.15, 0.2) is 16.8 Å². The predicted octanol–water partition coefficient (Wildman–Crippen LogP) is 2.03. The van der Waals surface area contributed by atoms with E-state index in [0.29, 0.717) is 24.4 Å². The molecule has 3 rings (SSSR count). The van der Waals surface area contributed by atoms with Crippen molar-refractivity contribution in [2.75, 3.05) is 13.1 Å². The first-order valence-corrected chi connectivity index (χ1v) is 7.83. The van der Waals surface area contributed by atoms with Gasteiger partial charge in [-0.3, -0.25) is 4.79 Å². The number of hydrogen-bond donors (Lipinski definition) is 1. The molecule has 2 aliphatic rings. The molecule has 0 aliphatic carbocycles. The maximum absolute atomic E-state index is 12.4. The summed E-state index contributed by atoms with van der Waals surface area (Å²) in [6.07, 6.45) is 5.40. The van der Waals surface area contributed by atoms with Crippen molar-refractivity contribution in [2.45, 2.75) is 44.2 Å². The number of nitrogens with one attached hydrogen (secondary N) is 1. The van der Waals surface area contributed by atoms with Crippen LogP contribution in [0.1, 0.15) is 31.2 Å². The van der Waals surface area contributed by atoms with E-state index in [1.54, 1.807) is 11.3 Å². The van der Waals surface area contributed by atoms with E-state index < -0.39 is 0 Å². The SMILES string of the molecule is O=C(Cc1ccsc1)N1CCCC1C1CCCN1. The van der Waals surface area contributed by atoms with Crippen molar-refractivity contribution < 1.29 is 4.79 Å². The Labute approximate surface area is 112 Å². The lowest BCUT2D eigenvalue weighted by Crippen LogP contribution is -2.47. The van der Waals surface area contributed by atoms with Gasteiger partial charge in [0.25, 0.3) is 0 Å². The molecule has 0 radical (unpaired) electrons. The average molecular weight is 264 g/mol. The molecule has 18 heavy (non-hydrogen) atoms. The zero-order valence-electron chi connectivity index (χ0n) is 10.6. The second kappa shape index (κ2) is 5.41. The second-order valence-electron chi connectivity index (χ2n) is 5.31. The Bertz CT molecular complexity index is 398. The number of carbonyl (C=O) groups excluding carboxylic acids is 1. The van der Waals surface area contributed by atoms with Crippen molar-refractivity contribution >= 4 is 17.2 Å². The Morgan fingerprint density at radius 1 is 1.44 bits per heavy atom. The largest absolute Gasteiger partial charge is 0.338 e. The van der Waals surface area contributed by atoms with Gasteiger partial charge in [0.05, 0.1) is 6.42 Å². The Balaban J connectivity index is 1.64. The lowest BCUT2D eigenvalue weighted by Gasteiger charge is -2.29. The van der Waals surface area contributed by atoms with E-state index in [-0.39, 0.29) is 0 Å². The van der Waals surface area contributed by atoms with Crippen LogP contribution in [0.2, 0.25) is 0 Å². The predicted molar refractivity (Wildman–Crippen MR) is 73.8 cm³/mol. The Kier molecular flexibility index (Phi) is 3.66. The maximum atomic E-state index is 12.4. The fourth-order valence-electron chi connectivity index (χ4n) is 3.23. The normalized spacial score (nSPS) is 27.9. The van der Waals surface area contributed by atoms with E-state index in [2.05, 4.69) is 21.7 Å². The number of carbonyl (C=O) groups is 1. The van der Waals surface area contributed by atoms with E-state index in [9.17, 15) is 4.79 Å². The summed E-state index contributed by atoms with van der Waals surface area (Å²) >= 11 is 1.67. The van der Waals surface area contributed by atoms with Crippen LogP contribution in [-0.4, -0.2) is 36.0 Å². The molecule has 2 aliphatic heterocycles. The lowest BCUT2D eigenvalue weighted by atomic mass is 10.0. The van der Waals surface area contributed by atoms with E-state index in [4.69, 9.17) is 0 Å². The molecule has 2 unspecified atom stereocenters. The quantitative estimate of drug-likeness (QED) is 0.906. The van der Waals surface area contributed by atoms with Crippen LogP contribution >= 0.6 is 11.3 Å². The molecule has 2 fully saturated rings. The zero-order chi connectivity index (χ0) is 12.4. The molecule has 4 heteroatoms. The third kappa shape index (κ3) is 2.45. The molecule has 1 aromatic rings. The third-order valence-corrected chi connectivity index (χ3v) is 4.85. The first-order chi connectivity index (χ1) is 8.84. The van der Waals surface area contributed by atoms with Gasteiger partial charge in [-0.05, 0) is 54.6 Å². The summed E-state index contributed by atoms with van der Waals surface area (Å²) in [5.74, 6) is 0.310. The molecule has 0 spiro atoms. The maximum Gasteiger partial charge on any atom is 0.227 e.